The van der Waals surface area contributed by atoms with Gasteiger partial charge in [0.05, 0.1) is 20.0 Å². The van der Waals surface area contributed by atoms with Crippen LogP contribution in [0.15, 0.2) is 29.4 Å². The normalized spacial score (nSPS) is 11.7. The van der Waals surface area contributed by atoms with Crippen LogP contribution in [0.25, 0.3) is 0 Å². The second kappa shape index (κ2) is 11.9. The van der Waals surface area contributed by atoms with Crippen molar-refractivity contribution in [2.24, 2.45) is 0 Å². The van der Waals surface area contributed by atoms with Crippen molar-refractivity contribution in [3.05, 3.63) is 35.0 Å². The molecule has 1 N–H and O–H groups in total. The highest BCUT2D eigenvalue weighted by Gasteiger charge is 2.12. The zero-order valence-corrected chi connectivity index (χ0v) is 19.6. The number of thioether (sulfide) groups is 1. The molecule has 30 heavy (non-hydrogen) atoms. The number of carbonyl (C=O) groups excluding carboxylic acids is 1. The van der Waals surface area contributed by atoms with E-state index in [1.54, 1.807) is 20.3 Å². The van der Waals surface area contributed by atoms with E-state index < -0.39 is 0 Å². The van der Waals surface area contributed by atoms with E-state index in [0.29, 0.717) is 27.6 Å². The van der Waals surface area contributed by atoms with Gasteiger partial charge in [0, 0.05) is 25.7 Å². The van der Waals surface area contributed by atoms with Gasteiger partial charge in [-0.2, -0.15) is 0 Å². The van der Waals surface area contributed by atoms with Gasteiger partial charge in [0.25, 0.3) is 0 Å². The molecule has 1 heterocycles. The Morgan fingerprint density at radius 3 is 2.63 bits per heavy atom. The number of methoxy groups -OCH3 is 2. The van der Waals surface area contributed by atoms with Crippen LogP contribution in [0.2, 0.25) is 5.15 Å². The molecule has 7 nitrogen and oxygen atoms in total. The lowest BCUT2D eigenvalue weighted by Crippen LogP contribution is -2.33. The Kier molecular flexibility index (Phi) is 9.52. The number of amides is 1. The number of hydrogen-bond acceptors (Lipinski definition) is 7. The van der Waals surface area contributed by atoms with Crippen molar-refractivity contribution < 1.29 is 14.3 Å². The highest BCUT2D eigenvalue weighted by atomic mass is 35.5. The summed E-state index contributed by atoms with van der Waals surface area (Å²) in [6, 6.07) is 7.75. The number of halogens is 1. The first-order valence-corrected chi connectivity index (χ1v) is 11.1. The molecule has 0 aliphatic heterocycles. The quantitative estimate of drug-likeness (QED) is 0.315. The first kappa shape index (κ1) is 24.1. The second-order valence-electron chi connectivity index (χ2n) is 6.86. The van der Waals surface area contributed by atoms with Gasteiger partial charge in [0.15, 0.2) is 16.7 Å². The number of nitrogens with zero attached hydrogens (tertiary/aromatic N) is 3. The summed E-state index contributed by atoms with van der Waals surface area (Å²) in [5.41, 5.74) is 1.12. The fourth-order valence-electron chi connectivity index (χ4n) is 2.64. The number of carbonyl (C=O) groups is 1. The monoisotopic (exact) mass is 452 g/mol. The minimum atomic E-state index is -0.0405. The zero-order valence-electron chi connectivity index (χ0n) is 18.1. The number of benzene rings is 1. The summed E-state index contributed by atoms with van der Waals surface area (Å²) in [4.78, 5) is 22.8. The summed E-state index contributed by atoms with van der Waals surface area (Å²) in [5.74, 6) is 2.33. The average molecular weight is 453 g/mol. The standard InChI is InChI=1S/C21H29ClN4O3S/c1-6-14(2)23-20(27)13-30-21-24-18(22)12-19(25-21)26(3)10-9-15-7-8-16(28-4)17(11-15)29-5/h7-8,11-12,14H,6,9-10,13H2,1-5H3,(H,23,27). The number of likely N-dealkylation sites (N-methyl/N-ethyl adjacent to an activating group) is 1. The Hall–Kier alpha value is -2.19. The molecule has 1 aromatic heterocycles. The molecule has 1 aromatic carbocycles. The van der Waals surface area contributed by atoms with Gasteiger partial charge >= 0.3 is 0 Å². The number of nitrogens with one attached hydrogen (secondary N) is 1. The Bertz CT molecular complexity index is 853. The molecular weight excluding hydrogens is 424 g/mol. The molecule has 2 rings (SSSR count). The number of anilines is 1. The summed E-state index contributed by atoms with van der Waals surface area (Å²) in [5, 5.41) is 3.76. The van der Waals surface area contributed by atoms with Crippen molar-refractivity contribution >= 4 is 35.1 Å². The van der Waals surface area contributed by atoms with Crippen molar-refractivity contribution in [2.75, 3.05) is 38.5 Å². The molecule has 0 saturated heterocycles. The molecule has 0 aliphatic carbocycles. The Morgan fingerprint density at radius 1 is 1.23 bits per heavy atom. The van der Waals surface area contributed by atoms with Gasteiger partial charge in [-0.1, -0.05) is 36.4 Å². The maximum atomic E-state index is 12.0. The molecule has 9 heteroatoms. The maximum Gasteiger partial charge on any atom is 0.230 e. The molecule has 164 valence electrons. The van der Waals surface area contributed by atoms with Crippen molar-refractivity contribution in [2.45, 2.75) is 37.9 Å². The Balaban J connectivity index is 1.99. The molecule has 1 atom stereocenters. The van der Waals surface area contributed by atoms with E-state index in [4.69, 9.17) is 21.1 Å². The smallest absolute Gasteiger partial charge is 0.230 e. The summed E-state index contributed by atoms with van der Waals surface area (Å²) in [6.45, 7) is 4.73. The van der Waals surface area contributed by atoms with Crippen molar-refractivity contribution in [1.82, 2.24) is 15.3 Å². The van der Waals surface area contributed by atoms with Gasteiger partial charge in [-0.25, -0.2) is 9.97 Å². The first-order chi connectivity index (χ1) is 14.4. The Labute approximate surface area is 187 Å². The van der Waals surface area contributed by atoms with Crippen LogP contribution in [0.4, 0.5) is 5.82 Å². The highest BCUT2D eigenvalue weighted by molar-refractivity contribution is 7.99. The molecule has 0 fully saturated rings. The molecule has 0 saturated carbocycles. The SMILES string of the molecule is CCC(C)NC(=O)CSc1nc(Cl)cc(N(C)CCc2ccc(OC)c(OC)c2)n1. The third kappa shape index (κ3) is 7.25. The van der Waals surface area contributed by atoms with Crippen LogP contribution >= 0.6 is 23.4 Å². The van der Waals surface area contributed by atoms with Crippen LogP contribution in [0.3, 0.4) is 0 Å². The average Bonchev–Trinajstić information content (AvgIpc) is 2.75. The van der Waals surface area contributed by atoms with E-state index in [1.807, 2.05) is 44.0 Å². The second-order valence-corrected chi connectivity index (χ2v) is 8.19. The van der Waals surface area contributed by atoms with Crippen LogP contribution in [0, 0.1) is 0 Å². The lowest BCUT2D eigenvalue weighted by molar-refractivity contribution is -0.119. The lowest BCUT2D eigenvalue weighted by atomic mass is 10.1. The van der Waals surface area contributed by atoms with Crippen molar-refractivity contribution in [3.8, 4) is 11.5 Å². The number of hydrogen-bond donors (Lipinski definition) is 1. The molecule has 0 aliphatic rings. The predicted molar refractivity (Wildman–Crippen MR) is 122 cm³/mol. The van der Waals surface area contributed by atoms with E-state index in [2.05, 4.69) is 15.3 Å². The van der Waals surface area contributed by atoms with Gasteiger partial charge in [-0.15, -0.1) is 0 Å². The molecule has 0 spiro atoms. The molecule has 0 radical (unpaired) electrons. The minimum Gasteiger partial charge on any atom is -0.493 e. The first-order valence-electron chi connectivity index (χ1n) is 9.75. The molecule has 0 bridgehead atoms. The summed E-state index contributed by atoms with van der Waals surface area (Å²) in [6.07, 6.45) is 1.68. The zero-order chi connectivity index (χ0) is 22.1. The van der Waals surface area contributed by atoms with Gasteiger partial charge in [-0.3, -0.25) is 4.79 Å². The van der Waals surface area contributed by atoms with Gasteiger partial charge in [-0.05, 0) is 37.5 Å². The molecule has 1 unspecified atom stereocenters. The van der Waals surface area contributed by atoms with Gasteiger partial charge < -0.3 is 19.7 Å². The van der Waals surface area contributed by atoms with Crippen molar-refractivity contribution in [1.29, 1.82) is 0 Å². The fraction of sp³-hybridized carbons (Fsp3) is 0.476. The third-order valence-corrected chi connectivity index (χ3v) is 5.63. The van der Waals surface area contributed by atoms with Crippen LogP contribution in [0.5, 0.6) is 11.5 Å². The fourth-order valence-corrected chi connectivity index (χ4v) is 3.53. The highest BCUT2D eigenvalue weighted by Crippen LogP contribution is 2.28. The molecule has 1 amide bonds. The summed E-state index contributed by atoms with van der Waals surface area (Å²) >= 11 is 7.46. The predicted octanol–water partition coefficient (Wildman–Crippen LogP) is 3.83. The van der Waals surface area contributed by atoms with Crippen LogP contribution in [0.1, 0.15) is 25.8 Å². The topological polar surface area (TPSA) is 76.6 Å². The number of aromatic nitrogens is 2. The summed E-state index contributed by atoms with van der Waals surface area (Å²) in [7, 11) is 5.19. The van der Waals surface area contributed by atoms with E-state index in [1.165, 1.54) is 11.8 Å². The van der Waals surface area contributed by atoms with E-state index >= 15 is 0 Å². The van der Waals surface area contributed by atoms with Crippen LogP contribution < -0.4 is 19.7 Å². The largest absolute Gasteiger partial charge is 0.493 e. The van der Waals surface area contributed by atoms with Crippen LogP contribution in [-0.2, 0) is 11.2 Å². The number of ether oxygens (including phenoxy) is 2. The maximum absolute atomic E-state index is 12.0. The lowest BCUT2D eigenvalue weighted by Gasteiger charge is -2.19. The van der Waals surface area contributed by atoms with Gasteiger partial charge in [0.1, 0.15) is 11.0 Å². The minimum absolute atomic E-state index is 0.0405. The van der Waals surface area contributed by atoms with E-state index in [-0.39, 0.29) is 17.7 Å². The molecular formula is C21H29ClN4O3S. The third-order valence-electron chi connectivity index (χ3n) is 4.59. The van der Waals surface area contributed by atoms with E-state index in [0.717, 1.165) is 24.9 Å². The van der Waals surface area contributed by atoms with Gasteiger partial charge in [0.2, 0.25) is 5.91 Å². The van der Waals surface area contributed by atoms with E-state index in [9.17, 15) is 4.79 Å². The van der Waals surface area contributed by atoms with Crippen LogP contribution in [-0.4, -0.2) is 55.5 Å². The molecule has 2 aromatic rings. The van der Waals surface area contributed by atoms with Crippen molar-refractivity contribution in [3.63, 3.8) is 0 Å². The number of rotatable bonds is 11. The Morgan fingerprint density at radius 2 is 1.97 bits per heavy atom. The summed E-state index contributed by atoms with van der Waals surface area (Å²) < 4.78 is 10.6.